The van der Waals surface area contributed by atoms with Crippen LogP contribution in [0.3, 0.4) is 0 Å². The predicted octanol–water partition coefficient (Wildman–Crippen LogP) is 6.89. The first-order valence-corrected chi connectivity index (χ1v) is 10.1. The summed E-state index contributed by atoms with van der Waals surface area (Å²) in [5.74, 6) is 0.641. The highest BCUT2D eigenvalue weighted by atomic mass is 35.5. The zero-order valence-corrected chi connectivity index (χ0v) is 16.9. The summed E-state index contributed by atoms with van der Waals surface area (Å²) in [5, 5.41) is 8.59. The van der Waals surface area contributed by atoms with Crippen LogP contribution in [0.4, 0.5) is 0 Å². The number of ether oxygens (including phenoxy) is 1. The van der Waals surface area contributed by atoms with E-state index in [0.29, 0.717) is 20.8 Å². The Labute approximate surface area is 178 Å². The van der Waals surface area contributed by atoms with Crippen LogP contribution in [0.2, 0.25) is 15.1 Å². The second kappa shape index (κ2) is 7.00. The lowest BCUT2D eigenvalue weighted by molar-refractivity contribution is -0.0188. The Kier molecular flexibility index (Phi) is 4.47. The number of fused-ring (bicyclic) bond motifs is 3. The van der Waals surface area contributed by atoms with Crippen LogP contribution >= 0.6 is 34.8 Å². The van der Waals surface area contributed by atoms with E-state index in [2.05, 4.69) is 12.1 Å². The van der Waals surface area contributed by atoms with Crippen LogP contribution in [0.1, 0.15) is 35.4 Å². The molecule has 6 heteroatoms. The van der Waals surface area contributed by atoms with Crippen LogP contribution in [0.25, 0.3) is 0 Å². The zero-order chi connectivity index (χ0) is 19.3. The lowest BCUT2D eigenvalue weighted by Crippen LogP contribution is -2.34. The van der Waals surface area contributed by atoms with Gasteiger partial charge in [0.2, 0.25) is 6.23 Å². The molecule has 2 aliphatic rings. The normalized spacial score (nSPS) is 20.2. The predicted molar refractivity (Wildman–Crippen MR) is 113 cm³/mol. The van der Waals surface area contributed by atoms with Crippen molar-refractivity contribution in [1.82, 2.24) is 5.01 Å². The van der Waals surface area contributed by atoms with Crippen molar-refractivity contribution in [2.24, 2.45) is 5.10 Å². The van der Waals surface area contributed by atoms with Crippen molar-refractivity contribution in [3.8, 4) is 5.75 Å². The van der Waals surface area contributed by atoms with E-state index in [0.717, 1.165) is 28.8 Å². The molecule has 0 saturated carbocycles. The van der Waals surface area contributed by atoms with Gasteiger partial charge in [0.15, 0.2) is 0 Å². The molecule has 2 atom stereocenters. The van der Waals surface area contributed by atoms with Gasteiger partial charge in [-0.1, -0.05) is 83.3 Å². The molecule has 0 amide bonds. The average molecular weight is 430 g/mol. The fourth-order valence-electron chi connectivity index (χ4n) is 3.80. The molecule has 0 radical (unpaired) electrons. The van der Waals surface area contributed by atoms with E-state index in [1.165, 1.54) is 0 Å². The molecule has 5 rings (SSSR count). The van der Waals surface area contributed by atoms with E-state index in [1.807, 2.05) is 53.5 Å². The summed E-state index contributed by atoms with van der Waals surface area (Å²) in [6, 6.07) is 21.4. The highest BCUT2D eigenvalue weighted by Crippen LogP contribution is 2.51. The van der Waals surface area contributed by atoms with E-state index < -0.39 is 6.23 Å². The molecular weight excluding hydrogens is 415 g/mol. The molecule has 0 spiro atoms. The van der Waals surface area contributed by atoms with Gasteiger partial charge in [0.05, 0.1) is 16.8 Å². The largest absolute Gasteiger partial charge is 0.463 e. The summed E-state index contributed by atoms with van der Waals surface area (Å²) in [4.78, 5) is 0. The second-order valence-electron chi connectivity index (χ2n) is 6.81. The van der Waals surface area contributed by atoms with Gasteiger partial charge in [0, 0.05) is 27.6 Å². The van der Waals surface area contributed by atoms with Crippen LogP contribution in [-0.4, -0.2) is 10.7 Å². The lowest BCUT2D eigenvalue weighted by Gasteiger charge is -2.38. The summed E-state index contributed by atoms with van der Waals surface area (Å²) in [7, 11) is 0. The maximum absolute atomic E-state index is 6.49. The van der Waals surface area contributed by atoms with Crippen LogP contribution < -0.4 is 4.74 Å². The third kappa shape index (κ3) is 2.95. The van der Waals surface area contributed by atoms with Gasteiger partial charge >= 0.3 is 0 Å². The Morgan fingerprint density at radius 2 is 1.61 bits per heavy atom. The van der Waals surface area contributed by atoms with Gasteiger partial charge in [-0.15, -0.1) is 0 Å². The molecule has 3 aromatic rings. The fourth-order valence-corrected chi connectivity index (χ4v) is 4.58. The molecule has 2 heterocycles. The van der Waals surface area contributed by atoms with Crippen molar-refractivity contribution in [1.29, 1.82) is 0 Å². The van der Waals surface area contributed by atoms with Gasteiger partial charge in [-0.25, -0.2) is 5.01 Å². The number of nitrogens with zero attached hydrogens (tertiary/aromatic N) is 2. The summed E-state index contributed by atoms with van der Waals surface area (Å²) >= 11 is 19.3. The molecule has 3 aromatic carbocycles. The highest BCUT2D eigenvalue weighted by molar-refractivity contribution is 6.35. The Hall–Kier alpha value is -2.20. The summed E-state index contributed by atoms with van der Waals surface area (Å²) in [6.07, 6.45) is 0.268. The van der Waals surface area contributed by atoms with Gasteiger partial charge in [-0.3, -0.25) is 0 Å². The second-order valence-corrected chi connectivity index (χ2v) is 8.06. The van der Waals surface area contributed by atoms with E-state index in [9.17, 15) is 0 Å². The first-order chi connectivity index (χ1) is 13.6. The Bertz CT molecular complexity index is 1080. The van der Waals surface area contributed by atoms with E-state index in [-0.39, 0.29) is 6.04 Å². The number of halogens is 3. The number of hydrogen-bond donors (Lipinski definition) is 0. The SMILES string of the molecule is Clc1cc(Cl)c2c(c1)C1CC(c3ccccc3)=NN1C(c1ccccc1Cl)O2. The van der Waals surface area contributed by atoms with Gasteiger partial charge in [0.25, 0.3) is 0 Å². The number of rotatable bonds is 2. The van der Waals surface area contributed by atoms with Crippen LogP contribution in [-0.2, 0) is 0 Å². The Morgan fingerprint density at radius 1 is 0.857 bits per heavy atom. The van der Waals surface area contributed by atoms with Gasteiger partial charge in [-0.2, -0.15) is 5.10 Å². The molecule has 2 unspecified atom stereocenters. The van der Waals surface area contributed by atoms with E-state index in [1.54, 1.807) is 6.07 Å². The molecule has 0 saturated heterocycles. The molecule has 0 aliphatic carbocycles. The molecule has 2 aliphatic heterocycles. The van der Waals surface area contributed by atoms with Crippen molar-refractivity contribution >= 4 is 40.5 Å². The molecule has 0 fully saturated rings. The Balaban J connectivity index is 1.66. The third-order valence-electron chi connectivity index (χ3n) is 5.09. The molecule has 3 nitrogen and oxygen atoms in total. The monoisotopic (exact) mass is 428 g/mol. The van der Waals surface area contributed by atoms with Crippen LogP contribution in [0.15, 0.2) is 71.8 Å². The topological polar surface area (TPSA) is 24.8 Å². The molecule has 140 valence electrons. The smallest absolute Gasteiger partial charge is 0.215 e. The van der Waals surface area contributed by atoms with Gasteiger partial charge in [0.1, 0.15) is 5.75 Å². The first-order valence-electron chi connectivity index (χ1n) is 8.93. The van der Waals surface area contributed by atoms with Crippen molar-refractivity contribution in [2.45, 2.75) is 18.7 Å². The van der Waals surface area contributed by atoms with Crippen molar-refractivity contribution in [2.75, 3.05) is 0 Å². The minimum absolute atomic E-state index is 0.0311. The summed E-state index contributed by atoms with van der Waals surface area (Å²) in [5.41, 5.74) is 3.87. The molecule has 0 aromatic heterocycles. The minimum Gasteiger partial charge on any atom is -0.463 e. The van der Waals surface area contributed by atoms with Crippen LogP contribution in [0.5, 0.6) is 5.75 Å². The van der Waals surface area contributed by atoms with Crippen LogP contribution in [0, 0.1) is 0 Å². The van der Waals surface area contributed by atoms with Crippen molar-refractivity contribution < 1.29 is 4.74 Å². The summed E-state index contributed by atoms with van der Waals surface area (Å²) < 4.78 is 6.33. The van der Waals surface area contributed by atoms with Crippen molar-refractivity contribution in [3.05, 3.63) is 98.5 Å². The lowest BCUT2D eigenvalue weighted by atomic mass is 9.96. The summed E-state index contributed by atoms with van der Waals surface area (Å²) in [6.45, 7) is 0. The third-order valence-corrected chi connectivity index (χ3v) is 5.93. The quantitative estimate of drug-likeness (QED) is 0.443. The molecule has 28 heavy (non-hydrogen) atoms. The Morgan fingerprint density at radius 3 is 2.39 bits per heavy atom. The minimum atomic E-state index is -0.467. The number of benzene rings is 3. The van der Waals surface area contributed by atoms with Gasteiger partial charge < -0.3 is 4.74 Å². The molecule has 0 bridgehead atoms. The van der Waals surface area contributed by atoms with E-state index in [4.69, 9.17) is 44.6 Å². The van der Waals surface area contributed by atoms with Crippen molar-refractivity contribution in [3.63, 3.8) is 0 Å². The fraction of sp³-hybridized carbons (Fsp3) is 0.136. The zero-order valence-electron chi connectivity index (χ0n) is 14.6. The number of hydrazone groups is 1. The molecule has 0 N–H and O–H groups in total. The van der Waals surface area contributed by atoms with E-state index >= 15 is 0 Å². The first kappa shape index (κ1) is 17.9. The van der Waals surface area contributed by atoms with Gasteiger partial charge in [-0.05, 0) is 23.8 Å². The maximum atomic E-state index is 6.49. The molecular formula is C22H15Cl3N2O. The highest BCUT2D eigenvalue weighted by Gasteiger charge is 2.42. The number of hydrogen-bond acceptors (Lipinski definition) is 3. The standard InChI is InChI=1S/C22H15Cl3N2O/c23-14-10-16-20-12-19(13-6-2-1-3-7-13)26-27(20)22(28-21(16)18(25)11-14)15-8-4-5-9-17(15)24/h1-11,20,22H,12H2. The average Bonchev–Trinajstić information content (AvgIpc) is 3.15. The maximum Gasteiger partial charge on any atom is 0.215 e.